The summed E-state index contributed by atoms with van der Waals surface area (Å²) in [5.74, 6) is 0.154. The molecule has 1 saturated heterocycles. The number of benzene rings is 1. The summed E-state index contributed by atoms with van der Waals surface area (Å²) >= 11 is 3.59. The fourth-order valence-electron chi connectivity index (χ4n) is 2.71. The van der Waals surface area contributed by atoms with Crippen LogP contribution in [0.4, 0.5) is 0 Å². The molecule has 2 N–H and O–H groups in total. The van der Waals surface area contributed by atoms with Gasteiger partial charge in [0.05, 0.1) is 6.54 Å². The van der Waals surface area contributed by atoms with Crippen LogP contribution in [0.5, 0.6) is 0 Å². The predicted molar refractivity (Wildman–Crippen MR) is 93.7 cm³/mol. The third kappa shape index (κ3) is 5.71. The second-order valence-corrected chi connectivity index (χ2v) is 6.73. The molecule has 0 unspecified atom stereocenters. The molecule has 0 radical (unpaired) electrons. The van der Waals surface area contributed by atoms with E-state index in [1.165, 1.54) is 5.56 Å². The van der Waals surface area contributed by atoms with Crippen molar-refractivity contribution in [1.29, 1.82) is 0 Å². The molecule has 22 heavy (non-hydrogen) atoms. The SMILES string of the molecule is CCCNC(=O)CN1CCC(NCc2ccccc2Br)CC1. The lowest BCUT2D eigenvalue weighted by atomic mass is 10.0. The Morgan fingerprint density at radius 1 is 1.32 bits per heavy atom. The van der Waals surface area contributed by atoms with Crippen LogP contribution < -0.4 is 10.6 Å². The summed E-state index contributed by atoms with van der Waals surface area (Å²) in [6.07, 6.45) is 3.20. The molecule has 1 heterocycles. The summed E-state index contributed by atoms with van der Waals surface area (Å²) in [5.41, 5.74) is 1.30. The highest BCUT2D eigenvalue weighted by atomic mass is 79.9. The van der Waals surface area contributed by atoms with Gasteiger partial charge in [0, 0.05) is 36.7 Å². The molecule has 122 valence electrons. The van der Waals surface area contributed by atoms with Crippen molar-refractivity contribution in [2.24, 2.45) is 0 Å². The average molecular weight is 368 g/mol. The molecule has 0 aliphatic carbocycles. The molecule has 1 fully saturated rings. The lowest BCUT2D eigenvalue weighted by Crippen LogP contribution is -2.46. The largest absolute Gasteiger partial charge is 0.355 e. The van der Waals surface area contributed by atoms with Crippen LogP contribution in [-0.2, 0) is 11.3 Å². The van der Waals surface area contributed by atoms with E-state index in [0.717, 1.165) is 49.9 Å². The highest BCUT2D eigenvalue weighted by Crippen LogP contribution is 2.17. The van der Waals surface area contributed by atoms with Crippen LogP contribution in [0.3, 0.4) is 0 Å². The molecule has 0 saturated carbocycles. The van der Waals surface area contributed by atoms with Gasteiger partial charge in [-0.2, -0.15) is 0 Å². The zero-order valence-electron chi connectivity index (χ0n) is 13.3. The van der Waals surface area contributed by atoms with Gasteiger partial charge >= 0.3 is 0 Å². The Balaban J connectivity index is 1.67. The second-order valence-electron chi connectivity index (χ2n) is 5.87. The highest BCUT2D eigenvalue weighted by molar-refractivity contribution is 9.10. The number of nitrogens with zero attached hydrogens (tertiary/aromatic N) is 1. The molecule has 2 rings (SSSR count). The maximum absolute atomic E-state index is 11.7. The molecule has 0 bridgehead atoms. The Morgan fingerprint density at radius 3 is 2.73 bits per heavy atom. The monoisotopic (exact) mass is 367 g/mol. The summed E-state index contributed by atoms with van der Waals surface area (Å²) in [5, 5.41) is 6.57. The van der Waals surface area contributed by atoms with Gasteiger partial charge < -0.3 is 10.6 Å². The van der Waals surface area contributed by atoms with Crippen LogP contribution in [0, 0.1) is 0 Å². The number of likely N-dealkylation sites (tertiary alicyclic amines) is 1. The van der Waals surface area contributed by atoms with Crippen LogP contribution in [0.1, 0.15) is 31.7 Å². The number of piperidine rings is 1. The van der Waals surface area contributed by atoms with Gasteiger partial charge in [0.1, 0.15) is 0 Å². The number of nitrogens with one attached hydrogen (secondary N) is 2. The third-order valence-corrected chi connectivity index (χ3v) is 4.84. The normalized spacial score (nSPS) is 16.6. The first-order valence-corrected chi connectivity index (χ1v) is 8.94. The number of carbonyl (C=O) groups excluding carboxylic acids is 1. The van der Waals surface area contributed by atoms with Crippen LogP contribution in [0.15, 0.2) is 28.7 Å². The van der Waals surface area contributed by atoms with E-state index < -0.39 is 0 Å². The number of halogens is 1. The zero-order valence-corrected chi connectivity index (χ0v) is 14.9. The molecule has 1 aromatic rings. The maximum atomic E-state index is 11.7. The number of amides is 1. The fourth-order valence-corrected chi connectivity index (χ4v) is 3.14. The van der Waals surface area contributed by atoms with E-state index >= 15 is 0 Å². The van der Waals surface area contributed by atoms with E-state index in [4.69, 9.17) is 0 Å². The third-order valence-electron chi connectivity index (χ3n) is 4.07. The van der Waals surface area contributed by atoms with E-state index in [1.807, 2.05) is 6.07 Å². The van der Waals surface area contributed by atoms with Crippen LogP contribution in [0.2, 0.25) is 0 Å². The molecule has 0 spiro atoms. The predicted octanol–water partition coefficient (Wildman–Crippen LogP) is 2.53. The summed E-state index contributed by atoms with van der Waals surface area (Å²) in [6.45, 7) is 6.27. The van der Waals surface area contributed by atoms with Gasteiger partial charge in [0.25, 0.3) is 0 Å². The van der Waals surface area contributed by atoms with Crippen LogP contribution in [0.25, 0.3) is 0 Å². The quantitative estimate of drug-likeness (QED) is 0.778. The van der Waals surface area contributed by atoms with Crippen molar-refractivity contribution in [1.82, 2.24) is 15.5 Å². The minimum atomic E-state index is 0.154. The van der Waals surface area contributed by atoms with Crippen molar-refractivity contribution in [3.8, 4) is 0 Å². The van der Waals surface area contributed by atoms with Gasteiger partial charge in [-0.1, -0.05) is 41.1 Å². The summed E-state index contributed by atoms with van der Waals surface area (Å²) < 4.78 is 1.16. The van der Waals surface area contributed by atoms with Gasteiger partial charge in [-0.05, 0) is 30.9 Å². The van der Waals surface area contributed by atoms with E-state index in [-0.39, 0.29) is 5.91 Å². The minimum Gasteiger partial charge on any atom is -0.355 e. The van der Waals surface area contributed by atoms with Gasteiger partial charge in [-0.25, -0.2) is 0 Å². The van der Waals surface area contributed by atoms with E-state index in [0.29, 0.717) is 12.6 Å². The van der Waals surface area contributed by atoms with E-state index in [1.54, 1.807) is 0 Å². The summed E-state index contributed by atoms with van der Waals surface area (Å²) in [6, 6.07) is 8.87. The van der Waals surface area contributed by atoms with E-state index in [9.17, 15) is 4.79 Å². The lowest BCUT2D eigenvalue weighted by molar-refractivity contribution is -0.122. The van der Waals surface area contributed by atoms with Crippen LogP contribution in [-0.4, -0.2) is 43.0 Å². The average Bonchev–Trinajstić information content (AvgIpc) is 2.53. The zero-order chi connectivity index (χ0) is 15.8. The number of hydrogen-bond acceptors (Lipinski definition) is 3. The van der Waals surface area contributed by atoms with Crippen molar-refractivity contribution < 1.29 is 4.79 Å². The Labute approximate surface area is 141 Å². The van der Waals surface area contributed by atoms with Gasteiger partial charge in [-0.3, -0.25) is 9.69 Å². The smallest absolute Gasteiger partial charge is 0.234 e. The Bertz CT molecular complexity index is 473. The summed E-state index contributed by atoms with van der Waals surface area (Å²) in [7, 11) is 0. The van der Waals surface area contributed by atoms with E-state index in [2.05, 4.69) is 56.6 Å². The second kappa shape index (κ2) is 9.28. The molecule has 1 aliphatic heterocycles. The van der Waals surface area contributed by atoms with Crippen molar-refractivity contribution in [3.63, 3.8) is 0 Å². The molecule has 1 aliphatic rings. The molecule has 1 amide bonds. The molecule has 4 nitrogen and oxygen atoms in total. The Morgan fingerprint density at radius 2 is 2.05 bits per heavy atom. The molecule has 0 atom stereocenters. The molecular weight excluding hydrogens is 342 g/mol. The molecule has 5 heteroatoms. The van der Waals surface area contributed by atoms with Crippen molar-refractivity contribution in [3.05, 3.63) is 34.3 Å². The van der Waals surface area contributed by atoms with Crippen molar-refractivity contribution in [2.75, 3.05) is 26.2 Å². The van der Waals surface area contributed by atoms with Crippen molar-refractivity contribution >= 4 is 21.8 Å². The molecular formula is C17H26BrN3O. The van der Waals surface area contributed by atoms with Crippen molar-refractivity contribution in [2.45, 2.75) is 38.8 Å². The first-order chi connectivity index (χ1) is 10.7. The number of carbonyl (C=O) groups is 1. The topological polar surface area (TPSA) is 44.4 Å². The Hall–Kier alpha value is -0.910. The standard InChI is InChI=1S/C17H26BrN3O/c1-2-9-19-17(22)13-21-10-7-15(8-11-21)20-12-14-5-3-4-6-16(14)18/h3-6,15,20H,2,7-13H2,1H3,(H,19,22). The number of rotatable bonds is 7. The fraction of sp³-hybridized carbons (Fsp3) is 0.588. The molecule has 0 aromatic heterocycles. The number of hydrogen-bond donors (Lipinski definition) is 2. The maximum Gasteiger partial charge on any atom is 0.234 e. The van der Waals surface area contributed by atoms with Crippen LogP contribution >= 0.6 is 15.9 Å². The Kier molecular flexibility index (Phi) is 7.36. The van der Waals surface area contributed by atoms with Gasteiger partial charge in [-0.15, -0.1) is 0 Å². The molecule has 1 aromatic carbocycles. The van der Waals surface area contributed by atoms with Gasteiger partial charge in [0.15, 0.2) is 0 Å². The highest BCUT2D eigenvalue weighted by Gasteiger charge is 2.20. The first kappa shape index (κ1) is 17.4. The lowest BCUT2D eigenvalue weighted by Gasteiger charge is -2.32. The summed E-state index contributed by atoms with van der Waals surface area (Å²) in [4.78, 5) is 14.0. The first-order valence-electron chi connectivity index (χ1n) is 8.15. The minimum absolute atomic E-state index is 0.154. The van der Waals surface area contributed by atoms with Gasteiger partial charge in [0.2, 0.25) is 5.91 Å².